The Kier molecular flexibility index (Phi) is 4.77. The summed E-state index contributed by atoms with van der Waals surface area (Å²) in [5, 5.41) is 12.8. The Morgan fingerprint density at radius 2 is 1.68 bits per heavy atom. The maximum atomic E-state index is 9.88. The predicted molar refractivity (Wildman–Crippen MR) is 118 cm³/mol. The van der Waals surface area contributed by atoms with Crippen LogP contribution < -0.4 is 0 Å². The molecule has 136 valence electrons. The fourth-order valence-electron chi connectivity index (χ4n) is 3.71. The number of aryl methyl sites for hydroxylation is 1. The number of fused-ring (bicyclic) bond motifs is 1. The second-order valence-corrected chi connectivity index (χ2v) is 7.27. The van der Waals surface area contributed by atoms with Crippen molar-refractivity contribution in [2.75, 3.05) is 0 Å². The Labute approximate surface area is 169 Å². The fourth-order valence-corrected chi connectivity index (χ4v) is 3.83. The van der Waals surface area contributed by atoms with Crippen LogP contribution in [0.5, 0.6) is 0 Å². The summed E-state index contributed by atoms with van der Waals surface area (Å²) in [7, 11) is 0. The third-order valence-electron chi connectivity index (χ3n) is 5.06. The number of nitriles is 1. The van der Waals surface area contributed by atoms with Crippen LogP contribution in [0.25, 0.3) is 28.1 Å². The molecular weight excluding hydrogens is 364 g/mol. The minimum atomic E-state index is 0.660. The lowest BCUT2D eigenvalue weighted by atomic mass is 9.97. The zero-order valence-corrected chi connectivity index (χ0v) is 16.5. The zero-order chi connectivity index (χ0) is 19.7. The minimum absolute atomic E-state index is 0.660. The monoisotopic (exact) mass is 382 g/mol. The average Bonchev–Trinajstić information content (AvgIpc) is 2.99. The molecule has 0 unspecified atom stereocenters. The summed E-state index contributed by atoms with van der Waals surface area (Å²) in [5.41, 5.74) is 5.92. The molecule has 0 saturated heterocycles. The van der Waals surface area contributed by atoms with Gasteiger partial charge in [-0.1, -0.05) is 54.1 Å². The quantitative estimate of drug-likeness (QED) is 0.352. The highest BCUT2D eigenvalue weighted by Crippen LogP contribution is 2.29. The van der Waals surface area contributed by atoms with Gasteiger partial charge in [0.15, 0.2) is 0 Å². The van der Waals surface area contributed by atoms with Crippen LogP contribution in [-0.4, -0.2) is 4.57 Å². The molecule has 1 heterocycles. The maximum Gasteiger partial charge on any atom is 0.0998 e. The van der Waals surface area contributed by atoms with E-state index in [0.717, 1.165) is 39.0 Å². The number of hydrogen-bond acceptors (Lipinski definition) is 1. The SMILES string of the molecule is Cc1cc(/C=C(/C#N)c2cccc3ccccc23)c(C)n1-c1ccc(Cl)cc1. The molecule has 0 atom stereocenters. The highest BCUT2D eigenvalue weighted by molar-refractivity contribution is 6.30. The van der Waals surface area contributed by atoms with Gasteiger partial charge in [0.05, 0.1) is 11.6 Å². The lowest BCUT2D eigenvalue weighted by Gasteiger charge is -2.10. The first-order valence-corrected chi connectivity index (χ1v) is 9.51. The number of nitrogens with zero attached hydrogens (tertiary/aromatic N) is 2. The molecule has 4 aromatic rings. The van der Waals surface area contributed by atoms with E-state index in [2.05, 4.69) is 48.7 Å². The topological polar surface area (TPSA) is 28.7 Å². The van der Waals surface area contributed by atoms with Crippen molar-refractivity contribution < 1.29 is 0 Å². The first kappa shape index (κ1) is 18.1. The molecule has 0 aliphatic rings. The normalized spacial score (nSPS) is 11.6. The summed E-state index contributed by atoms with van der Waals surface area (Å²) in [6.45, 7) is 4.15. The Bertz CT molecular complexity index is 1230. The Morgan fingerprint density at radius 1 is 0.964 bits per heavy atom. The zero-order valence-electron chi connectivity index (χ0n) is 15.8. The van der Waals surface area contributed by atoms with Crippen molar-refractivity contribution in [1.82, 2.24) is 4.57 Å². The Balaban J connectivity index is 1.85. The molecule has 0 N–H and O–H groups in total. The molecule has 0 saturated carbocycles. The average molecular weight is 383 g/mol. The van der Waals surface area contributed by atoms with E-state index in [0.29, 0.717) is 10.6 Å². The second-order valence-electron chi connectivity index (χ2n) is 6.83. The third-order valence-corrected chi connectivity index (χ3v) is 5.31. The molecule has 4 rings (SSSR count). The van der Waals surface area contributed by atoms with Gasteiger partial charge in [-0.25, -0.2) is 0 Å². The van der Waals surface area contributed by atoms with E-state index < -0.39 is 0 Å². The summed E-state index contributed by atoms with van der Waals surface area (Å²) in [5.74, 6) is 0. The standard InChI is InChI=1S/C25H19ClN2/c1-17-14-20(18(2)28(17)23-12-10-22(26)11-13-23)15-21(16-27)25-9-5-7-19-6-3-4-8-24(19)25/h3-15H,1-2H3/b21-15-. The van der Waals surface area contributed by atoms with Crippen LogP contribution >= 0.6 is 11.6 Å². The van der Waals surface area contributed by atoms with Crippen LogP contribution in [0.15, 0.2) is 72.8 Å². The van der Waals surface area contributed by atoms with Crippen molar-refractivity contribution in [2.45, 2.75) is 13.8 Å². The van der Waals surface area contributed by atoms with E-state index in [9.17, 15) is 5.26 Å². The van der Waals surface area contributed by atoms with Crippen LogP contribution in [0.2, 0.25) is 5.02 Å². The third kappa shape index (κ3) is 3.22. The van der Waals surface area contributed by atoms with Gasteiger partial charge in [0.2, 0.25) is 0 Å². The first-order chi connectivity index (χ1) is 13.6. The summed E-state index contributed by atoms with van der Waals surface area (Å²) in [6, 6.07) is 26.5. The summed E-state index contributed by atoms with van der Waals surface area (Å²) >= 11 is 6.03. The summed E-state index contributed by atoms with van der Waals surface area (Å²) in [6.07, 6.45) is 1.98. The number of halogens is 1. The smallest absolute Gasteiger partial charge is 0.0998 e. The van der Waals surface area contributed by atoms with Crippen molar-refractivity contribution in [2.24, 2.45) is 0 Å². The molecular formula is C25H19ClN2. The number of aromatic nitrogens is 1. The molecule has 0 spiro atoms. The lowest BCUT2D eigenvalue weighted by Crippen LogP contribution is -1.98. The van der Waals surface area contributed by atoms with Crippen LogP contribution in [0.1, 0.15) is 22.5 Å². The van der Waals surface area contributed by atoms with Gasteiger partial charge in [0, 0.05) is 27.7 Å². The van der Waals surface area contributed by atoms with Gasteiger partial charge >= 0.3 is 0 Å². The molecule has 2 nitrogen and oxygen atoms in total. The van der Waals surface area contributed by atoms with E-state index in [1.807, 2.05) is 54.6 Å². The van der Waals surface area contributed by atoms with Gasteiger partial charge < -0.3 is 4.57 Å². The number of allylic oxidation sites excluding steroid dienone is 1. The largest absolute Gasteiger partial charge is 0.318 e. The molecule has 3 aromatic carbocycles. The summed E-state index contributed by atoms with van der Waals surface area (Å²) < 4.78 is 2.18. The number of rotatable bonds is 3. The minimum Gasteiger partial charge on any atom is -0.318 e. The van der Waals surface area contributed by atoms with E-state index in [1.165, 1.54) is 0 Å². The highest BCUT2D eigenvalue weighted by atomic mass is 35.5. The molecule has 3 heteroatoms. The Morgan fingerprint density at radius 3 is 2.43 bits per heavy atom. The van der Waals surface area contributed by atoms with Crippen molar-refractivity contribution in [3.63, 3.8) is 0 Å². The van der Waals surface area contributed by atoms with Crippen LogP contribution in [-0.2, 0) is 0 Å². The molecule has 0 radical (unpaired) electrons. The number of benzene rings is 3. The molecule has 1 aromatic heterocycles. The van der Waals surface area contributed by atoms with Crippen LogP contribution in [0.3, 0.4) is 0 Å². The van der Waals surface area contributed by atoms with Crippen molar-refractivity contribution in [3.05, 3.63) is 100 Å². The van der Waals surface area contributed by atoms with Crippen molar-refractivity contribution in [3.8, 4) is 11.8 Å². The molecule has 28 heavy (non-hydrogen) atoms. The molecule has 0 bridgehead atoms. The molecule has 0 fully saturated rings. The van der Waals surface area contributed by atoms with Gasteiger partial charge in [0.1, 0.15) is 0 Å². The second kappa shape index (κ2) is 7.38. The maximum absolute atomic E-state index is 9.88. The van der Waals surface area contributed by atoms with Crippen LogP contribution in [0.4, 0.5) is 0 Å². The van der Waals surface area contributed by atoms with Gasteiger partial charge in [-0.15, -0.1) is 0 Å². The van der Waals surface area contributed by atoms with E-state index in [-0.39, 0.29) is 0 Å². The van der Waals surface area contributed by atoms with E-state index in [1.54, 1.807) is 0 Å². The predicted octanol–water partition coefficient (Wildman–Crippen LogP) is 6.96. The summed E-state index contributed by atoms with van der Waals surface area (Å²) in [4.78, 5) is 0. The van der Waals surface area contributed by atoms with Crippen LogP contribution in [0, 0.1) is 25.2 Å². The van der Waals surface area contributed by atoms with Gasteiger partial charge in [-0.2, -0.15) is 5.26 Å². The highest BCUT2D eigenvalue weighted by Gasteiger charge is 2.12. The number of hydrogen-bond donors (Lipinski definition) is 0. The lowest BCUT2D eigenvalue weighted by molar-refractivity contribution is 0.964. The molecule has 0 amide bonds. The fraction of sp³-hybridized carbons (Fsp3) is 0.0800. The molecule has 0 aliphatic carbocycles. The van der Waals surface area contributed by atoms with Gasteiger partial charge in [-0.05, 0) is 66.6 Å². The van der Waals surface area contributed by atoms with Gasteiger partial charge in [-0.3, -0.25) is 0 Å². The van der Waals surface area contributed by atoms with Gasteiger partial charge in [0.25, 0.3) is 0 Å². The molecule has 0 aliphatic heterocycles. The first-order valence-electron chi connectivity index (χ1n) is 9.13. The van der Waals surface area contributed by atoms with E-state index in [4.69, 9.17) is 11.6 Å². The van der Waals surface area contributed by atoms with Crippen molar-refractivity contribution in [1.29, 1.82) is 5.26 Å². The van der Waals surface area contributed by atoms with E-state index >= 15 is 0 Å². The Hall–Kier alpha value is -3.28. The van der Waals surface area contributed by atoms with Crippen molar-refractivity contribution >= 4 is 34.0 Å².